The SMILES string of the molecule is N#CC1(C(=O)N2CC[C@@H]3[C@@H](CCC(=O)N3CCCN)C2)CC1. The van der Waals surface area contributed by atoms with Gasteiger partial charge >= 0.3 is 0 Å². The van der Waals surface area contributed by atoms with Gasteiger partial charge in [0.05, 0.1) is 6.07 Å². The molecule has 0 aromatic rings. The van der Waals surface area contributed by atoms with E-state index in [1.54, 1.807) is 0 Å². The number of nitrogens with two attached hydrogens (primary N) is 1. The van der Waals surface area contributed by atoms with Crippen LogP contribution in [0.4, 0.5) is 0 Å². The second-order valence-corrected chi connectivity index (χ2v) is 6.83. The number of amides is 2. The Kier molecular flexibility index (Phi) is 4.09. The molecule has 0 unspecified atom stereocenters. The van der Waals surface area contributed by atoms with Crippen LogP contribution in [0.2, 0.25) is 0 Å². The summed E-state index contributed by atoms with van der Waals surface area (Å²) in [7, 11) is 0. The maximum absolute atomic E-state index is 12.5. The van der Waals surface area contributed by atoms with E-state index in [1.165, 1.54) is 0 Å². The minimum absolute atomic E-state index is 0.0128. The Hall–Kier alpha value is -1.61. The first kappa shape index (κ1) is 15.3. The molecule has 0 spiro atoms. The van der Waals surface area contributed by atoms with Gasteiger partial charge in [-0.15, -0.1) is 0 Å². The monoisotopic (exact) mass is 304 g/mol. The lowest BCUT2D eigenvalue weighted by atomic mass is 9.83. The van der Waals surface area contributed by atoms with Gasteiger partial charge in [0.1, 0.15) is 5.41 Å². The van der Waals surface area contributed by atoms with E-state index in [0.717, 1.165) is 25.8 Å². The third-order valence-corrected chi connectivity index (χ3v) is 5.41. The van der Waals surface area contributed by atoms with Gasteiger partial charge in [-0.3, -0.25) is 9.59 Å². The van der Waals surface area contributed by atoms with Crippen molar-refractivity contribution in [3.63, 3.8) is 0 Å². The van der Waals surface area contributed by atoms with E-state index in [1.807, 2.05) is 9.80 Å². The second-order valence-electron chi connectivity index (χ2n) is 6.83. The number of likely N-dealkylation sites (tertiary alicyclic amines) is 2. The number of rotatable bonds is 4. The Morgan fingerprint density at radius 1 is 1.41 bits per heavy atom. The molecule has 2 N–H and O–H groups in total. The normalized spacial score (nSPS) is 29.7. The Labute approximate surface area is 131 Å². The maximum atomic E-state index is 12.5. The number of hydrogen-bond donors (Lipinski definition) is 1. The largest absolute Gasteiger partial charge is 0.341 e. The molecule has 6 heteroatoms. The van der Waals surface area contributed by atoms with Gasteiger partial charge in [-0.2, -0.15) is 5.26 Å². The third-order valence-electron chi connectivity index (χ3n) is 5.41. The standard InChI is InChI=1S/C16H24N4O2/c17-7-1-8-20-13-4-9-19(10-12(13)2-3-14(20)21)15(22)16(11-18)5-6-16/h12-13H,1-10,17H2/t12-,13+/m0/s1. The maximum Gasteiger partial charge on any atom is 0.243 e. The fourth-order valence-electron chi connectivity index (χ4n) is 3.89. The molecule has 6 nitrogen and oxygen atoms in total. The summed E-state index contributed by atoms with van der Waals surface area (Å²) in [6, 6.07) is 2.44. The van der Waals surface area contributed by atoms with Crippen molar-refractivity contribution in [2.45, 2.75) is 44.6 Å². The lowest BCUT2D eigenvalue weighted by Gasteiger charge is -2.47. The van der Waals surface area contributed by atoms with Crippen molar-refractivity contribution >= 4 is 11.8 Å². The second kappa shape index (κ2) is 5.88. The van der Waals surface area contributed by atoms with Crippen molar-refractivity contribution in [1.82, 2.24) is 9.80 Å². The number of carbonyl (C=O) groups is 2. The number of hydrogen-bond acceptors (Lipinski definition) is 4. The zero-order chi connectivity index (χ0) is 15.7. The van der Waals surface area contributed by atoms with Crippen LogP contribution in [0.3, 0.4) is 0 Å². The minimum atomic E-state index is -0.726. The van der Waals surface area contributed by atoms with Crippen LogP contribution in [-0.2, 0) is 9.59 Å². The van der Waals surface area contributed by atoms with Crippen LogP contribution < -0.4 is 5.73 Å². The van der Waals surface area contributed by atoms with Gasteiger partial charge in [0.2, 0.25) is 11.8 Å². The Balaban J connectivity index is 1.65. The molecule has 2 atom stereocenters. The smallest absolute Gasteiger partial charge is 0.243 e. The number of nitriles is 1. The van der Waals surface area contributed by atoms with E-state index in [-0.39, 0.29) is 17.9 Å². The van der Waals surface area contributed by atoms with Crippen LogP contribution in [0.5, 0.6) is 0 Å². The average Bonchev–Trinajstić information content (AvgIpc) is 3.34. The summed E-state index contributed by atoms with van der Waals surface area (Å²) in [5.74, 6) is 0.590. The molecule has 0 radical (unpaired) electrons. The van der Waals surface area contributed by atoms with Crippen LogP contribution in [0, 0.1) is 22.7 Å². The first-order valence-corrected chi connectivity index (χ1v) is 8.31. The van der Waals surface area contributed by atoms with E-state index < -0.39 is 5.41 Å². The highest BCUT2D eigenvalue weighted by Gasteiger charge is 2.53. The summed E-state index contributed by atoms with van der Waals surface area (Å²) in [6.07, 6.45) is 4.48. The highest BCUT2D eigenvalue weighted by molar-refractivity contribution is 5.88. The molecular weight excluding hydrogens is 280 g/mol. The molecule has 0 aromatic carbocycles. The molecule has 2 aliphatic heterocycles. The van der Waals surface area contributed by atoms with Crippen molar-refractivity contribution in [2.24, 2.45) is 17.1 Å². The molecule has 22 heavy (non-hydrogen) atoms. The molecule has 0 aromatic heterocycles. The summed E-state index contributed by atoms with van der Waals surface area (Å²) < 4.78 is 0. The Bertz CT molecular complexity index is 509. The summed E-state index contributed by atoms with van der Waals surface area (Å²) in [6.45, 7) is 2.68. The number of fused-ring (bicyclic) bond motifs is 1. The van der Waals surface area contributed by atoms with E-state index in [0.29, 0.717) is 44.8 Å². The van der Waals surface area contributed by atoms with Crippen LogP contribution in [0.1, 0.15) is 38.5 Å². The fourth-order valence-corrected chi connectivity index (χ4v) is 3.89. The van der Waals surface area contributed by atoms with Crippen LogP contribution in [0.25, 0.3) is 0 Å². The van der Waals surface area contributed by atoms with E-state index in [2.05, 4.69) is 6.07 Å². The van der Waals surface area contributed by atoms with Crippen LogP contribution in [0.15, 0.2) is 0 Å². The predicted molar refractivity (Wildman–Crippen MR) is 80.4 cm³/mol. The molecule has 2 saturated heterocycles. The summed E-state index contributed by atoms with van der Waals surface area (Å²) in [5.41, 5.74) is 4.84. The first-order valence-electron chi connectivity index (χ1n) is 8.31. The lowest BCUT2D eigenvalue weighted by Crippen LogP contribution is -2.57. The van der Waals surface area contributed by atoms with Gasteiger partial charge in [-0.25, -0.2) is 0 Å². The quantitative estimate of drug-likeness (QED) is 0.818. The molecule has 0 bridgehead atoms. The molecule has 1 aliphatic carbocycles. The van der Waals surface area contributed by atoms with Crippen LogP contribution >= 0.6 is 0 Å². The van der Waals surface area contributed by atoms with Gasteiger partial charge in [0, 0.05) is 32.1 Å². The highest BCUT2D eigenvalue weighted by atomic mass is 16.2. The zero-order valence-electron chi connectivity index (χ0n) is 13.0. The van der Waals surface area contributed by atoms with Crippen LogP contribution in [-0.4, -0.2) is 53.8 Å². The van der Waals surface area contributed by atoms with E-state index >= 15 is 0 Å². The third kappa shape index (κ3) is 2.58. The van der Waals surface area contributed by atoms with Crippen molar-refractivity contribution < 1.29 is 9.59 Å². The van der Waals surface area contributed by atoms with Crippen molar-refractivity contribution in [1.29, 1.82) is 5.26 Å². The topological polar surface area (TPSA) is 90.4 Å². The van der Waals surface area contributed by atoms with E-state index in [4.69, 9.17) is 5.73 Å². The number of nitrogens with zero attached hydrogens (tertiary/aromatic N) is 3. The average molecular weight is 304 g/mol. The fraction of sp³-hybridized carbons (Fsp3) is 0.812. The summed E-state index contributed by atoms with van der Waals surface area (Å²) in [4.78, 5) is 28.5. The van der Waals surface area contributed by atoms with E-state index in [9.17, 15) is 14.9 Å². The number of piperidine rings is 2. The molecule has 2 heterocycles. The number of carbonyl (C=O) groups excluding carboxylic acids is 2. The highest BCUT2D eigenvalue weighted by Crippen LogP contribution is 2.47. The Morgan fingerprint density at radius 3 is 2.82 bits per heavy atom. The molecule has 3 aliphatic rings. The molecule has 3 rings (SSSR count). The van der Waals surface area contributed by atoms with Crippen molar-refractivity contribution in [3.8, 4) is 6.07 Å². The molecule has 120 valence electrons. The minimum Gasteiger partial charge on any atom is -0.341 e. The predicted octanol–water partition coefficient (Wildman–Crippen LogP) is 0.478. The zero-order valence-corrected chi connectivity index (χ0v) is 13.0. The van der Waals surface area contributed by atoms with Crippen molar-refractivity contribution in [3.05, 3.63) is 0 Å². The summed E-state index contributed by atoms with van der Waals surface area (Å²) in [5, 5.41) is 9.20. The molecule has 3 fully saturated rings. The van der Waals surface area contributed by atoms with Gasteiger partial charge in [0.15, 0.2) is 0 Å². The molecule has 1 saturated carbocycles. The lowest BCUT2D eigenvalue weighted by molar-refractivity contribution is -0.145. The van der Waals surface area contributed by atoms with Gasteiger partial charge in [0.25, 0.3) is 0 Å². The Morgan fingerprint density at radius 2 is 2.18 bits per heavy atom. The van der Waals surface area contributed by atoms with Gasteiger partial charge < -0.3 is 15.5 Å². The first-order chi connectivity index (χ1) is 10.6. The summed E-state index contributed by atoms with van der Waals surface area (Å²) >= 11 is 0. The van der Waals surface area contributed by atoms with Gasteiger partial charge in [-0.05, 0) is 44.6 Å². The molecular formula is C16H24N4O2. The van der Waals surface area contributed by atoms with Crippen molar-refractivity contribution in [2.75, 3.05) is 26.2 Å². The molecule has 2 amide bonds. The van der Waals surface area contributed by atoms with Gasteiger partial charge in [-0.1, -0.05) is 0 Å².